The summed E-state index contributed by atoms with van der Waals surface area (Å²) in [5.74, 6) is -0.228. The number of ketones is 1. The number of hydrogen-bond acceptors (Lipinski definition) is 6. The maximum atomic E-state index is 13.1. The van der Waals surface area contributed by atoms with Crippen molar-refractivity contribution in [2.75, 3.05) is 12.3 Å². The van der Waals surface area contributed by atoms with E-state index in [4.69, 9.17) is 5.73 Å². The first-order valence-electron chi connectivity index (χ1n) is 9.09. The molecule has 3 heterocycles. The lowest BCUT2D eigenvalue weighted by Crippen LogP contribution is -2.41. The fraction of sp³-hybridized carbons (Fsp3) is 0.250. The van der Waals surface area contributed by atoms with E-state index in [0.717, 1.165) is 17.8 Å². The number of benzene rings is 1. The Morgan fingerprint density at radius 1 is 1.11 bits per heavy atom. The van der Waals surface area contributed by atoms with Gasteiger partial charge < -0.3 is 10.6 Å². The van der Waals surface area contributed by atoms with Crippen molar-refractivity contribution in [1.82, 2.24) is 24.6 Å². The van der Waals surface area contributed by atoms with Gasteiger partial charge in [-0.2, -0.15) is 5.10 Å². The molecule has 1 aliphatic rings. The third-order valence-electron chi connectivity index (χ3n) is 4.89. The Balaban J connectivity index is 1.60. The summed E-state index contributed by atoms with van der Waals surface area (Å²) in [6, 6.07) is 8.78. The molecule has 28 heavy (non-hydrogen) atoms. The summed E-state index contributed by atoms with van der Waals surface area (Å²) < 4.78 is 1.53. The van der Waals surface area contributed by atoms with Gasteiger partial charge in [-0.05, 0) is 31.9 Å². The molecule has 1 aliphatic heterocycles. The molecule has 4 rings (SSSR count). The maximum Gasteiger partial charge on any atom is 0.274 e. The predicted molar refractivity (Wildman–Crippen MR) is 103 cm³/mol. The molecule has 0 bridgehead atoms. The summed E-state index contributed by atoms with van der Waals surface area (Å²) in [6.07, 6.45) is 5.78. The number of aromatic nitrogens is 4. The molecule has 1 saturated heterocycles. The SMILES string of the molecule is Cc1cnc(C(=O)N2CCC[C@@H]2C(=O)c2cnn(-c3ccccc3)c2N)cn1. The van der Waals surface area contributed by atoms with Gasteiger partial charge in [-0.1, -0.05) is 18.2 Å². The van der Waals surface area contributed by atoms with Crippen molar-refractivity contribution in [2.24, 2.45) is 0 Å². The summed E-state index contributed by atoms with van der Waals surface area (Å²) in [5.41, 5.74) is 8.26. The number of hydrogen-bond donors (Lipinski definition) is 1. The number of likely N-dealkylation sites (tertiary alicyclic amines) is 1. The summed E-state index contributed by atoms with van der Waals surface area (Å²) in [4.78, 5) is 35.8. The zero-order valence-corrected chi connectivity index (χ0v) is 15.4. The van der Waals surface area contributed by atoms with Crippen LogP contribution in [0.2, 0.25) is 0 Å². The molecule has 1 fully saturated rings. The minimum atomic E-state index is -0.577. The zero-order chi connectivity index (χ0) is 19.7. The van der Waals surface area contributed by atoms with Crippen LogP contribution in [0.3, 0.4) is 0 Å². The van der Waals surface area contributed by atoms with E-state index in [9.17, 15) is 9.59 Å². The van der Waals surface area contributed by atoms with Crippen LogP contribution in [-0.2, 0) is 0 Å². The second kappa shape index (κ2) is 7.22. The number of rotatable bonds is 4. The normalized spacial score (nSPS) is 16.3. The van der Waals surface area contributed by atoms with E-state index in [1.165, 1.54) is 17.1 Å². The Labute approximate surface area is 162 Å². The molecule has 8 nitrogen and oxygen atoms in total. The number of nitrogen functional groups attached to an aromatic ring is 1. The van der Waals surface area contributed by atoms with E-state index in [-0.39, 0.29) is 23.2 Å². The lowest BCUT2D eigenvalue weighted by atomic mass is 10.0. The molecule has 1 atom stereocenters. The molecule has 2 aromatic heterocycles. The molecule has 3 aromatic rings. The van der Waals surface area contributed by atoms with E-state index in [1.54, 1.807) is 18.0 Å². The van der Waals surface area contributed by atoms with E-state index < -0.39 is 6.04 Å². The van der Waals surface area contributed by atoms with Crippen molar-refractivity contribution < 1.29 is 9.59 Å². The largest absolute Gasteiger partial charge is 0.383 e. The highest BCUT2D eigenvalue weighted by Crippen LogP contribution is 2.26. The highest BCUT2D eigenvalue weighted by atomic mass is 16.2. The average molecular weight is 376 g/mol. The predicted octanol–water partition coefficient (Wildman–Crippen LogP) is 2.04. The molecule has 1 aromatic carbocycles. The number of Topliss-reactive ketones (excluding diaryl/α,β-unsaturated/α-hetero) is 1. The van der Waals surface area contributed by atoms with Crippen molar-refractivity contribution in [2.45, 2.75) is 25.8 Å². The highest BCUT2D eigenvalue weighted by molar-refractivity contribution is 6.06. The van der Waals surface area contributed by atoms with Gasteiger partial charge in [0.05, 0.1) is 35.4 Å². The molecule has 142 valence electrons. The van der Waals surface area contributed by atoms with Gasteiger partial charge >= 0.3 is 0 Å². The zero-order valence-electron chi connectivity index (χ0n) is 15.4. The molecule has 0 saturated carbocycles. The summed E-state index contributed by atoms with van der Waals surface area (Å²) in [5, 5.41) is 4.26. The third-order valence-corrected chi connectivity index (χ3v) is 4.89. The first kappa shape index (κ1) is 17.8. The van der Waals surface area contributed by atoms with Crippen molar-refractivity contribution >= 4 is 17.5 Å². The van der Waals surface area contributed by atoms with Gasteiger partial charge in [0, 0.05) is 12.7 Å². The maximum absolute atomic E-state index is 13.1. The molecule has 0 radical (unpaired) electrons. The Morgan fingerprint density at radius 2 is 1.89 bits per heavy atom. The molecule has 0 aliphatic carbocycles. The van der Waals surface area contributed by atoms with Gasteiger partial charge in [0.25, 0.3) is 5.91 Å². The standard InChI is InChI=1S/C20H20N6O2/c1-13-10-23-16(12-22-13)20(28)25-9-5-8-17(25)18(27)15-11-24-26(19(15)21)14-6-3-2-4-7-14/h2-4,6-7,10-12,17H,5,8-9,21H2,1H3/t17-/m1/s1. The third kappa shape index (κ3) is 3.13. The topological polar surface area (TPSA) is 107 Å². The molecule has 8 heteroatoms. The van der Waals surface area contributed by atoms with Crippen molar-refractivity contribution in [3.8, 4) is 5.69 Å². The molecule has 2 N–H and O–H groups in total. The van der Waals surface area contributed by atoms with Gasteiger partial charge in [-0.25, -0.2) is 9.67 Å². The Kier molecular flexibility index (Phi) is 4.60. The molecule has 0 unspecified atom stereocenters. The molecule has 0 spiro atoms. The van der Waals surface area contributed by atoms with E-state index in [2.05, 4.69) is 15.1 Å². The lowest BCUT2D eigenvalue weighted by Gasteiger charge is -2.23. The van der Waals surface area contributed by atoms with Crippen LogP contribution >= 0.6 is 0 Å². The van der Waals surface area contributed by atoms with Crippen molar-refractivity contribution in [3.63, 3.8) is 0 Å². The van der Waals surface area contributed by atoms with Crippen molar-refractivity contribution in [3.05, 3.63) is 65.9 Å². The smallest absolute Gasteiger partial charge is 0.274 e. The van der Waals surface area contributed by atoms with E-state index in [1.807, 2.05) is 30.3 Å². The van der Waals surface area contributed by atoms with Crippen LogP contribution < -0.4 is 5.73 Å². The van der Waals surface area contributed by atoms with Crippen LogP contribution in [0.4, 0.5) is 5.82 Å². The minimum absolute atomic E-state index is 0.203. The summed E-state index contributed by atoms with van der Waals surface area (Å²) in [7, 11) is 0. The molecular weight excluding hydrogens is 356 g/mol. The number of nitrogens with two attached hydrogens (primary N) is 1. The van der Waals surface area contributed by atoms with Crippen LogP contribution in [-0.4, -0.2) is 48.9 Å². The van der Waals surface area contributed by atoms with Crippen LogP contribution in [0.25, 0.3) is 5.69 Å². The van der Waals surface area contributed by atoms with Gasteiger partial charge in [0.15, 0.2) is 5.78 Å². The monoisotopic (exact) mass is 376 g/mol. The first-order chi connectivity index (χ1) is 13.6. The fourth-order valence-electron chi connectivity index (χ4n) is 3.43. The summed E-state index contributed by atoms with van der Waals surface area (Å²) >= 11 is 0. The second-order valence-corrected chi connectivity index (χ2v) is 6.75. The van der Waals surface area contributed by atoms with Gasteiger partial charge in [0.1, 0.15) is 11.5 Å². The highest BCUT2D eigenvalue weighted by Gasteiger charge is 2.37. The first-order valence-corrected chi connectivity index (χ1v) is 9.09. The number of nitrogens with zero attached hydrogens (tertiary/aromatic N) is 5. The Hall–Kier alpha value is -3.55. The number of amides is 1. The van der Waals surface area contributed by atoms with Crippen LogP contribution in [0.1, 0.15) is 39.4 Å². The van der Waals surface area contributed by atoms with Gasteiger partial charge in [0.2, 0.25) is 0 Å². The number of carbonyl (C=O) groups excluding carboxylic acids is 2. The second-order valence-electron chi connectivity index (χ2n) is 6.75. The minimum Gasteiger partial charge on any atom is -0.383 e. The number of carbonyl (C=O) groups is 2. The number of para-hydroxylation sites is 1. The average Bonchev–Trinajstić information content (AvgIpc) is 3.35. The molecular formula is C20H20N6O2. The van der Waals surface area contributed by atoms with Gasteiger partial charge in [-0.15, -0.1) is 0 Å². The van der Waals surface area contributed by atoms with Crippen LogP contribution in [0, 0.1) is 6.92 Å². The van der Waals surface area contributed by atoms with Crippen molar-refractivity contribution in [1.29, 1.82) is 0 Å². The van der Waals surface area contributed by atoms with E-state index in [0.29, 0.717) is 18.5 Å². The fourth-order valence-corrected chi connectivity index (χ4v) is 3.43. The lowest BCUT2D eigenvalue weighted by molar-refractivity contribution is 0.0667. The Morgan fingerprint density at radius 3 is 2.61 bits per heavy atom. The number of aryl methyl sites for hydroxylation is 1. The van der Waals surface area contributed by atoms with Crippen LogP contribution in [0.5, 0.6) is 0 Å². The summed E-state index contributed by atoms with van der Waals surface area (Å²) in [6.45, 7) is 2.30. The van der Waals surface area contributed by atoms with Gasteiger partial charge in [-0.3, -0.25) is 14.6 Å². The number of anilines is 1. The van der Waals surface area contributed by atoms with Crippen LogP contribution in [0.15, 0.2) is 48.9 Å². The Bertz CT molecular complexity index is 1010. The van der Waals surface area contributed by atoms with E-state index >= 15 is 0 Å². The quantitative estimate of drug-likeness (QED) is 0.698. The molecule has 1 amide bonds.